The summed E-state index contributed by atoms with van der Waals surface area (Å²) in [7, 11) is 0. The van der Waals surface area contributed by atoms with Crippen molar-refractivity contribution in [3.05, 3.63) is 20.8 Å². The molecule has 0 radical (unpaired) electrons. The molecule has 0 spiro atoms. The standard InChI is InChI=1S/C15H22BrNO2S/c1-10-5-6-11(12-7-8-13(16)20-12)17(9-10)14(18)19-15(2,3)4/h7-8,10-11H,5-6,9H2,1-4H3/t10-,11+/m1/s1. The maximum absolute atomic E-state index is 12.4. The highest BCUT2D eigenvalue weighted by Crippen LogP contribution is 2.38. The van der Waals surface area contributed by atoms with Crippen molar-refractivity contribution in [2.24, 2.45) is 5.92 Å². The second-order valence-corrected chi connectivity index (χ2v) is 8.97. The number of halogens is 1. The second-order valence-electron chi connectivity index (χ2n) is 6.47. The third-order valence-electron chi connectivity index (χ3n) is 3.37. The van der Waals surface area contributed by atoms with Crippen LogP contribution in [-0.4, -0.2) is 23.1 Å². The lowest BCUT2D eigenvalue weighted by molar-refractivity contribution is 0.00412. The topological polar surface area (TPSA) is 29.5 Å². The smallest absolute Gasteiger partial charge is 0.410 e. The number of thiophene rings is 1. The van der Waals surface area contributed by atoms with Crippen molar-refractivity contribution in [1.29, 1.82) is 0 Å². The molecule has 2 heterocycles. The molecule has 20 heavy (non-hydrogen) atoms. The van der Waals surface area contributed by atoms with Gasteiger partial charge in [0.2, 0.25) is 0 Å². The van der Waals surface area contributed by atoms with E-state index >= 15 is 0 Å². The molecule has 2 atom stereocenters. The van der Waals surface area contributed by atoms with Crippen molar-refractivity contribution in [3.8, 4) is 0 Å². The maximum atomic E-state index is 12.4. The Morgan fingerprint density at radius 3 is 2.65 bits per heavy atom. The van der Waals surface area contributed by atoms with Crippen LogP contribution in [0.25, 0.3) is 0 Å². The van der Waals surface area contributed by atoms with Gasteiger partial charge in [0.05, 0.1) is 9.83 Å². The normalized spacial score (nSPS) is 23.8. The first-order chi connectivity index (χ1) is 9.26. The highest BCUT2D eigenvalue weighted by molar-refractivity contribution is 9.11. The van der Waals surface area contributed by atoms with Gasteiger partial charge in [-0.3, -0.25) is 0 Å². The number of amides is 1. The van der Waals surface area contributed by atoms with Gasteiger partial charge in [0.15, 0.2) is 0 Å². The van der Waals surface area contributed by atoms with Crippen molar-refractivity contribution >= 4 is 33.4 Å². The summed E-state index contributed by atoms with van der Waals surface area (Å²) in [4.78, 5) is 15.6. The molecule has 1 aromatic heterocycles. The highest BCUT2D eigenvalue weighted by atomic mass is 79.9. The summed E-state index contributed by atoms with van der Waals surface area (Å²) in [5, 5.41) is 0. The third-order valence-corrected chi connectivity index (χ3v) is 5.09. The first-order valence-corrected chi connectivity index (χ1v) is 8.62. The fourth-order valence-corrected chi connectivity index (χ4v) is 4.05. The molecule has 0 saturated carbocycles. The van der Waals surface area contributed by atoms with Crippen LogP contribution in [-0.2, 0) is 4.74 Å². The zero-order chi connectivity index (χ0) is 14.9. The maximum Gasteiger partial charge on any atom is 0.410 e. The van der Waals surface area contributed by atoms with Gasteiger partial charge in [-0.1, -0.05) is 6.92 Å². The predicted octanol–water partition coefficient (Wildman–Crippen LogP) is 5.22. The number of rotatable bonds is 1. The Balaban J connectivity index is 2.18. The zero-order valence-corrected chi connectivity index (χ0v) is 14.9. The molecular weight excluding hydrogens is 338 g/mol. The molecule has 0 N–H and O–H groups in total. The zero-order valence-electron chi connectivity index (χ0n) is 12.5. The number of nitrogens with zero attached hydrogens (tertiary/aromatic N) is 1. The quantitative estimate of drug-likeness (QED) is 0.687. The number of ether oxygens (including phenoxy) is 1. The summed E-state index contributed by atoms with van der Waals surface area (Å²) in [5.41, 5.74) is -0.446. The summed E-state index contributed by atoms with van der Waals surface area (Å²) in [6.45, 7) is 8.70. The van der Waals surface area contributed by atoms with E-state index in [1.807, 2.05) is 31.7 Å². The molecule has 1 aromatic rings. The van der Waals surface area contributed by atoms with Crippen LogP contribution in [0.3, 0.4) is 0 Å². The molecule has 2 rings (SSSR count). The van der Waals surface area contributed by atoms with Gasteiger partial charge in [0.1, 0.15) is 5.60 Å². The van der Waals surface area contributed by atoms with Crippen LogP contribution in [0.4, 0.5) is 4.79 Å². The minimum Gasteiger partial charge on any atom is -0.444 e. The van der Waals surface area contributed by atoms with Crippen LogP contribution in [0.2, 0.25) is 0 Å². The number of carbonyl (C=O) groups excluding carboxylic acids is 1. The number of likely N-dealkylation sites (tertiary alicyclic amines) is 1. The van der Waals surface area contributed by atoms with Crippen LogP contribution in [0.1, 0.15) is 51.5 Å². The molecule has 0 aromatic carbocycles. The van der Waals surface area contributed by atoms with Gasteiger partial charge in [-0.15, -0.1) is 11.3 Å². The Morgan fingerprint density at radius 1 is 1.40 bits per heavy atom. The van der Waals surface area contributed by atoms with Crippen LogP contribution in [0.5, 0.6) is 0 Å². The molecule has 5 heteroatoms. The second kappa shape index (κ2) is 6.06. The van der Waals surface area contributed by atoms with Crippen molar-refractivity contribution in [1.82, 2.24) is 4.90 Å². The third kappa shape index (κ3) is 3.98. The number of piperidine rings is 1. The first-order valence-electron chi connectivity index (χ1n) is 7.01. The fraction of sp³-hybridized carbons (Fsp3) is 0.667. The lowest BCUT2D eigenvalue weighted by Crippen LogP contribution is -2.44. The molecule has 3 nitrogen and oxygen atoms in total. The van der Waals surface area contributed by atoms with Crippen LogP contribution < -0.4 is 0 Å². The van der Waals surface area contributed by atoms with E-state index in [0.29, 0.717) is 5.92 Å². The first kappa shape index (κ1) is 15.8. The molecule has 1 saturated heterocycles. The largest absolute Gasteiger partial charge is 0.444 e. The summed E-state index contributed by atoms with van der Waals surface area (Å²) in [6.07, 6.45) is 1.96. The number of hydrogen-bond donors (Lipinski definition) is 0. The molecule has 112 valence electrons. The van der Waals surface area contributed by atoms with Gasteiger partial charge in [-0.25, -0.2) is 4.79 Å². The highest BCUT2D eigenvalue weighted by Gasteiger charge is 2.34. The minimum atomic E-state index is -0.446. The summed E-state index contributed by atoms with van der Waals surface area (Å²) >= 11 is 5.20. The monoisotopic (exact) mass is 359 g/mol. The van der Waals surface area contributed by atoms with Crippen molar-refractivity contribution in [3.63, 3.8) is 0 Å². The molecule has 0 bridgehead atoms. The molecule has 0 aliphatic carbocycles. The van der Waals surface area contributed by atoms with E-state index in [-0.39, 0.29) is 12.1 Å². The summed E-state index contributed by atoms with van der Waals surface area (Å²) in [5.74, 6) is 0.530. The fourth-order valence-electron chi connectivity index (χ4n) is 2.48. The van der Waals surface area contributed by atoms with Crippen molar-refractivity contribution < 1.29 is 9.53 Å². The van der Waals surface area contributed by atoms with Crippen LogP contribution >= 0.6 is 27.3 Å². The van der Waals surface area contributed by atoms with E-state index < -0.39 is 5.60 Å². The Hall–Kier alpha value is -0.550. The minimum absolute atomic E-state index is 0.150. The molecule has 1 fully saturated rings. The molecular formula is C15H22BrNO2S. The lowest BCUT2D eigenvalue weighted by Gasteiger charge is -2.38. The lowest BCUT2D eigenvalue weighted by atomic mass is 9.94. The Bertz CT molecular complexity index is 480. The van der Waals surface area contributed by atoms with E-state index in [4.69, 9.17) is 4.74 Å². The molecule has 1 aliphatic heterocycles. The van der Waals surface area contributed by atoms with E-state index in [1.54, 1.807) is 11.3 Å². The van der Waals surface area contributed by atoms with Gasteiger partial charge in [-0.05, 0) is 67.6 Å². The van der Waals surface area contributed by atoms with Gasteiger partial charge in [0.25, 0.3) is 0 Å². The summed E-state index contributed by atoms with van der Waals surface area (Å²) < 4.78 is 6.67. The van der Waals surface area contributed by atoms with Crippen molar-refractivity contribution in [2.45, 2.75) is 52.2 Å². The Kier molecular flexibility index (Phi) is 4.80. The average Bonchev–Trinajstić information content (AvgIpc) is 2.73. The van der Waals surface area contributed by atoms with E-state index in [9.17, 15) is 4.79 Å². The Morgan fingerprint density at radius 2 is 2.10 bits per heavy atom. The Labute approximate surface area is 133 Å². The summed E-state index contributed by atoms with van der Waals surface area (Å²) in [6, 6.07) is 4.30. The average molecular weight is 360 g/mol. The number of hydrogen-bond acceptors (Lipinski definition) is 3. The van der Waals surface area contributed by atoms with E-state index in [1.165, 1.54) is 4.88 Å². The van der Waals surface area contributed by atoms with Gasteiger partial charge < -0.3 is 9.64 Å². The van der Waals surface area contributed by atoms with Gasteiger partial charge in [0, 0.05) is 11.4 Å². The predicted molar refractivity (Wildman–Crippen MR) is 86.1 cm³/mol. The SMILES string of the molecule is C[C@@H]1CC[C@@H](c2ccc(Br)s2)N(C(=O)OC(C)(C)C)C1. The molecule has 0 unspecified atom stereocenters. The number of carbonyl (C=O) groups is 1. The van der Waals surface area contributed by atoms with Crippen LogP contribution in [0.15, 0.2) is 15.9 Å². The van der Waals surface area contributed by atoms with Gasteiger partial charge >= 0.3 is 6.09 Å². The van der Waals surface area contributed by atoms with E-state index in [2.05, 4.69) is 28.9 Å². The molecule has 1 aliphatic rings. The van der Waals surface area contributed by atoms with Crippen molar-refractivity contribution in [2.75, 3.05) is 6.54 Å². The van der Waals surface area contributed by atoms with Gasteiger partial charge in [-0.2, -0.15) is 0 Å². The molecule has 1 amide bonds. The van der Waals surface area contributed by atoms with E-state index in [0.717, 1.165) is 23.2 Å². The van der Waals surface area contributed by atoms with Crippen LogP contribution in [0, 0.1) is 5.92 Å².